The first-order valence-corrected chi connectivity index (χ1v) is 10.2. The van der Waals surface area contributed by atoms with Gasteiger partial charge in [-0.1, -0.05) is 71.9 Å². The molecular weight excluding hydrogens is 272 g/mol. The Kier molecular flexibility index (Phi) is 4.77. The summed E-state index contributed by atoms with van der Waals surface area (Å²) in [7, 11) is -1.86. The Morgan fingerprint density at radius 2 is 1.24 bits per heavy atom. The zero-order valence-electron chi connectivity index (χ0n) is 14.2. The maximum absolute atomic E-state index is 6.73. The van der Waals surface area contributed by atoms with E-state index in [0.29, 0.717) is 16.6 Å². The summed E-state index contributed by atoms with van der Waals surface area (Å²) in [5.74, 6) is 1.04. The van der Waals surface area contributed by atoms with E-state index in [2.05, 4.69) is 84.0 Å². The smallest absolute Gasteiger partial charge is 0.258 e. The van der Waals surface area contributed by atoms with Crippen molar-refractivity contribution in [2.24, 2.45) is 0 Å². The third-order valence-corrected chi connectivity index (χ3v) is 10.7. The van der Waals surface area contributed by atoms with Gasteiger partial charge in [0.05, 0.1) is 0 Å². The largest absolute Gasteiger partial charge is 0.543 e. The van der Waals surface area contributed by atoms with E-state index in [1.807, 2.05) is 0 Å². The molecule has 0 radical (unpaired) electrons. The van der Waals surface area contributed by atoms with Crippen molar-refractivity contribution in [3.05, 3.63) is 42.5 Å². The Labute approximate surface area is 130 Å². The van der Waals surface area contributed by atoms with Gasteiger partial charge in [-0.3, -0.25) is 0 Å². The summed E-state index contributed by atoms with van der Waals surface area (Å²) in [6, 6.07) is 15.0. The van der Waals surface area contributed by atoms with E-state index in [0.717, 1.165) is 5.75 Å². The van der Waals surface area contributed by atoms with Gasteiger partial charge >= 0.3 is 0 Å². The van der Waals surface area contributed by atoms with Crippen LogP contribution in [0.1, 0.15) is 41.5 Å². The minimum Gasteiger partial charge on any atom is -0.543 e. The molecule has 0 aliphatic rings. The summed E-state index contributed by atoms with van der Waals surface area (Å²) in [4.78, 5) is 0. The fraction of sp³-hybridized carbons (Fsp3) is 0.474. The van der Waals surface area contributed by atoms with Crippen molar-refractivity contribution >= 4 is 19.1 Å². The summed E-state index contributed by atoms with van der Waals surface area (Å²) >= 11 is 0. The first-order valence-electron chi connectivity index (χ1n) is 8.05. The lowest BCUT2D eigenvalue weighted by molar-refractivity contribution is 0.480. The zero-order chi connectivity index (χ0) is 15.6. The molecule has 0 aliphatic heterocycles. The second kappa shape index (κ2) is 6.23. The Bertz CT molecular complexity index is 580. The third kappa shape index (κ3) is 3.01. The number of fused-ring (bicyclic) bond motifs is 1. The van der Waals surface area contributed by atoms with Gasteiger partial charge in [0.2, 0.25) is 0 Å². The second-order valence-electron chi connectivity index (χ2n) is 6.93. The number of rotatable bonds is 5. The lowest BCUT2D eigenvalue weighted by Crippen LogP contribution is -2.50. The lowest BCUT2D eigenvalue weighted by Gasteiger charge is -2.42. The predicted octanol–water partition coefficient (Wildman–Crippen LogP) is 6.39. The second-order valence-corrected chi connectivity index (χ2v) is 12.3. The van der Waals surface area contributed by atoms with E-state index >= 15 is 0 Å². The van der Waals surface area contributed by atoms with E-state index in [1.165, 1.54) is 10.8 Å². The molecule has 21 heavy (non-hydrogen) atoms. The number of hydrogen-bond donors (Lipinski definition) is 0. The summed E-state index contributed by atoms with van der Waals surface area (Å²) in [5, 5.41) is 2.53. The first-order chi connectivity index (χ1) is 9.87. The molecule has 1 nitrogen and oxygen atoms in total. The van der Waals surface area contributed by atoms with Crippen LogP contribution in [0.5, 0.6) is 5.75 Å². The Hall–Kier alpha value is -1.28. The van der Waals surface area contributed by atoms with E-state index in [4.69, 9.17) is 4.43 Å². The lowest BCUT2D eigenvalue weighted by atomic mass is 10.1. The van der Waals surface area contributed by atoms with Crippen LogP contribution >= 0.6 is 0 Å². The van der Waals surface area contributed by atoms with Crippen LogP contribution in [0.25, 0.3) is 10.8 Å². The monoisotopic (exact) mass is 300 g/mol. The Morgan fingerprint density at radius 1 is 0.714 bits per heavy atom. The molecule has 0 aliphatic carbocycles. The molecule has 0 spiro atoms. The molecule has 0 fully saturated rings. The maximum atomic E-state index is 6.73. The molecule has 0 unspecified atom stereocenters. The van der Waals surface area contributed by atoms with Crippen molar-refractivity contribution in [2.45, 2.75) is 58.2 Å². The maximum Gasteiger partial charge on any atom is 0.258 e. The highest BCUT2D eigenvalue weighted by atomic mass is 28.4. The van der Waals surface area contributed by atoms with Crippen molar-refractivity contribution in [1.82, 2.24) is 0 Å². The highest BCUT2D eigenvalue weighted by Gasteiger charge is 2.46. The molecule has 2 rings (SSSR count). The Balaban J connectivity index is 2.43. The average Bonchev–Trinajstić information content (AvgIpc) is 2.43. The minimum atomic E-state index is -1.86. The van der Waals surface area contributed by atoms with Crippen LogP contribution in [0.15, 0.2) is 42.5 Å². The molecular formula is C19H28OSi. The van der Waals surface area contributed by atoms with E-state index in [1.54, 1.807) is 0 Å². The van der Waals surface area contributed by atoms with E-state index in [9.17, 15) is 0 Å². The minimum absolute atomic E-state index is 0.601. The summed E-state index contributed by atoms with van der Waals surface area (Å²) in [6.45, 7) is 14.0. The van der Waals surface area contributed by atoms with Crippen LogP contribution < -0.4 is 4.43 Å². The molecule has 0 saturated carbocycles. The van der Waals surface area contributed by atoms with Gasteiger partial charge in [0.25, 0.3) is 8.32 Å². The molecule has 0 atom stereocenters. The highest BCUT2D eigenvalue weighted by Crippen LogP contribution is 2.43. The van der Waals surface area contributed by atoms with E-state index in [-0.39, 0.29) is 0 Å². The highest BCUT2D eigenvalue weighted by molar-refractivity contribution is 6.78. The van der Waals surface area contributed by atoms with E-state index < -0.39 is 8.32 Å². The van der Waals surface area contributed by atoms with Crippen LogP contribution in [-0.4, -0.2) is 8.32 Å². The van der Waals surface area contributed by atoms with Crippen LogP contribution in [0.2, 0.25) is 16.6 Å². The first kappa shape index (κ1) is 16.1. The molecule has 0 N–H and O–H groups in total. The van der Waals surface area contributed by atoms with Crippen molar-refractivity contribution in [2.75, 3.05) is 0 Å². The van der Waals surface area contributed by atoms with Crippen molar-refractivity contribution in [1.29, 1.82) is 0 Å². The molecule has 2 aromatic rings. The molecule has 0 heterocycles. The summed E-state index contributed by atoms with van der Waals surface area (Å²) < 4.78 is 6.73. The van der Waals surface area contributed by atoms with Crippen LogP contribution in [-0.2, 0) is 0 Å². The molecule has 114 valence electrons. The molecule has 0 aromatic heterocycles. The van der Waals surface area contributed by atoms with Gasteiger partial charge in [-0.25, -0.2) is 0 Å². The van der Waals surface area contributed by atoms with Crippen molar-refractivity contribution in [3.63, 3.8) is 0 Å². The third-order valence-electron chi connectivity index (χ3n) is 4.72. The normalized spacial score (nSPS) is 12.6. The SMILES string of the molecule is CC(C)[Si](Oc1ccc2ccccc2c1)(C(C)C)C(C)C. The van der Waals surface area contributed by atoms with Gasteiger partial charge in [0.1, 0.15) is 5.75 Å². The fourth-order valence-corrected chi connectivity index (χ4v) is 9.03. The average molecular weight is 301 g/mol. The van der Waals surface area contributed by atoms with Gasteiger partial charge in [0.15, 0.2) is 0 Å². The molecule has 0 saturated heterocycles. The van der Waals surface area contributed by atoms with Gasteiger partial charge in [-0.05, 0) is 39.5 Å². The fourth-order valence-electron chi connectivity index (χ4n) is 3.79. The van der Waals surface area contributed by atoms with Gasteiger partial charge < -0.3 is 4.43 Å². The van der Waals surface area contributed by atoms with Crippen molar-refractivity contribution < 1.29 is 4.43 Å². The van der Waals surface area contributed by atoms with Crippen LogP contribution in [0, 0.1) is 0 Å². The summed E-state index contributed by atoms with van der Waals surface area (Å²) in [6.07, 6.45) is 0. The summed E-state index contributed by atoms with van der Waals surface area (Å²) in [5.41, 5.74) is 1.80. The molecule has 0 bridgehead atoms. The standard InChI is InChI=1S/C19H28OSi/c1-14(2)21(15(3)4,16(5)6)20-19-12-11-17-9-7-8-10-18(17)13-19/h7-16H,1-6H3. The molecule has 0 amide bonds. The van der Waals surface area contributed by atoms with Crippen molar-refractivity contribution in [3.8, 4) is 5.75 Å². The quantitative estimate of drug-likeness (QED) is 0.581. The van der Waals surface area contributed by atoms with Gasteiger partial charge in [0, 0.05) is 0 Å². The van der Waals surface area contributed by atoms with Gasteiger partial charge in [-0.2, -0.15) is 0 Å². The predicted molar refractivity (Wildman–Crippen MR) is 95.6 cm³/mol. The molecule has 2 aromatic carbocycles. The van der Waals surface area contributed by atoms with Crippen LogP contribution in [0.3, 0.4) is 0 Å². The Morgan fingerprint density at radius 3 is 1.76 bits per heavy atom. The van der Waals surface area contributed by atoms with Gasteiger partial charge in [-0.15, -0.1) is 0 Å². The number of benzene rings is 2. The van der Waals surface area contributed by atoms with Crippen LogP contribution in [0.4, 0.5) is 0 Å². The topological polar surface area (TPSA) is 9.23 Å². The zero-order valence-corrected chi connectivity index (χ0v) is 15.2. The molecule has 2 heteroatoms. The number of hydrogen-bond acceptors (Lipinski definition) is 1.